The van der Waals surface area contributed by atoms with Gasteiger partial charge in [-0.25, -0.2) is 0 Å². The number of anilines is 1. The van der Waals surface area contributed by atoms with Gasteiger partial charge in [-0.1, -0.05) is 0 Å². The van der Waals surface area contributed by atoms with Crippen molar-refractivity contribution in [3.8, 4) is 5.75 Å². The van der Waals surface area contributed by atoms with Gasteiger partial charge in [-0.3, -0.25) is 0 Å². The Morgan fingerprint density at radius 3 is 2.81 bits per heavy atom. The summed E-state index contributed by atoms with van der Waals surface area (Å²) in [5.74, 6) is 1.48. The standard InChI is InChI=1S/C12H13F2NO/c13-12(14)16-8-3-4-11-9(5-8)10(6-15-11)7-1-2-7/h3-5,7,10,12,15H,1-2,6H2. The molecule has 1 saturated carbocycles. The van der Waals surface area contributed by atoms with E-state index in [0.29, 0.717) is 5.92 Å². The highest BCUT2D eigenvalue weighted by Crippen LogP contribution is 2.48. The highest BCUT2D eigenvalue weighted by atomic mass is 19.3. The van der Waals surface area contributed by atoms with E-state index in [1.807, 2.05) is 6.07 Å². The molecule has 1 aliphatic carbocycles. The summed E-state index contributed by atoms with van der Waals surface area (Å²) in [5.41, 5.74) is 2.21. The van der Waals surface area contributed by atoms with Crippen LogP contribution in [0.3, 0.4) is 0 Å². The summed E-state index contributed by atoms with van der Waals surface area (Å²) in [7, 11) is 0. The van der Waals surface area contributed by atoms with Crippen LogP contribution in [0.2, 0.25) is 0 Å². The van der Waals surface area contributed by atoms with Crippen LogP contribution in [0.25, 0.3) is 0 Å². The molecule has 0 radical (unpaired) electrons. The largest absolute Gasteiger partial charge is 0.435 e. The van der Waals surface area contributed by atoms with E-state index in [1.165, 1.54) is 12.8 Å². The van der Waals surface area contributed by atoms with Gasteiger partial charge in [0.15, 0.2) is 0 Å². The lowest BCUT2D eigenvalue weighted by Gasteiger charge is -2.10. The molecule has 86 valence electrons. The summed E-state index contributed by atoms with van der Waals surface area (Å²) in [5, 5.41) is 3.31. The zero-order valence-corrected chi connectivity index (χ0v) is 8.75. The van der Waals surface area contributed by atoms with Gasteiger partial charge in [-0.15, -0.1) is 0 Å². The molecule has 2 aliphatic rings. The minimum Gasteiger partial charge on any atom is -0.435 e. The first-order valence-electron chi connectivity index (χ1n) is 5.56. The van der Waals surface area contributed by atoms with E-state index in [4.69, 9.17) is 0 Å². The predicted octanol–water partition coefficient (Wildman–Crippen LogP) is 3.21. The van der Waals surface area contributed by atoms with E-state index in [-0.39, 0.29) is 5.75 Å². The maximum absolute atomic E-state index is 12.1. The van der Waals surface area contributed by atoms with Gasteiger partial charge in [0.1, 0.15) is 5.75 Å². The van der Waals surface area contributed by atoms with Crippen LogP contribution >= 0.6 is 0 Å². The fraction of sp³-hybridized carbons (Fsp3) is 0.500. The van der Waals surface area contributed by atoms with E-state index >= 15 is 0 Å². The summed E-state index contributed by atoms with van der Waals surface area (Å²) in [6.07, 6.45) is 2.51. The van der Waals surface area contributed by atoms with Crippen molar-refractivity contribution in [3.63, 3.8) is 0 Å². The van der Waals surface area contributed by atoms with Crippen LogP contribution < -0.4 is 10.1 Å². The number of benzene rings is 1. The molecule has 2 nitrogen and oxygen atoms in total. The number of halogens is 2. The van der Waals surface area contributed by atoms with E-state index in [1.54, 1.807) is 12.1 Å². The first-order chi connectivity index (χ1) is 7.74. The SMILES string of the molecule is FC(F)Oc1ccc2c(c1)C(C1CC1)CN2. The molecule has 1 aromatic carbocycles. The Bertz CT molecular complexity index is 404. The molecule has 1 aromatic rings. The molecule has 4 heteroatoms. The second kappa shape index (κ2) is 3.61. The van der Waals surface area contributed by atoms with E-state index in [2.05, 4.69) is 10.1 Å². The molecule has 0 amide bonds. The molecular formula is C12H13F2NO. The molecule has 0 saturated heterocycles. The molecule has 0 aromatic heterocycles. The zero-order valence-electron chi connectivity index (χ0n) is 8.75. The Hall–Kier alpha value is -1.32. The maximum Gasteiger partial charge on any atom is 0.387 e. The van der Waals surface area contributed by atoms with Crippen LogP contribution in [-0.2, 0) is 0 Å². The highest BCUT2D eigenvalue weighted by molar-refractivity contribution is 5.60. The quantitative estimate of drug-likeness (QED) is 0.852. The molecule has 0 spiro atoms. The number of nitrogens with one attached hydrogen (secondary N) is 1. The van der Waals surface area contributed by atoms with Crippen LogP contribution in [0.1, 0.15) is 24.3 Å². The van der Waals surface area contributed by atoms with E-state index < -0.39 is 6.61 Å². The smallest absolute Gasteiger partial charge is 0.387 e. The Morgan fingerprint density at radius 1 is 1.31 bits per heavy atom. The third-order valence-corrected chi connectivity index (χ3v) is 3.35. The molecular weight excluding hydrogens is 212 g/mol. The Labute approximate surface area is 92.6 Å². The van der Waals surface area contributed by atoms with Gasteiger partial charge in [0.2, 0.25) is 0 Å². The lowest BCUT2D eigenvalue weighted by molar-refractivity contribution is -0.0498. The summed E-state index contributed by atoms with van der Waals surface area (Å²) >= 11 is 0. The number of fused-ring (bicyclic) bond motifs is 1. The van der Waals surface area contributed by atoms with Crippen molar-refractivity contribution in [1.29, 1.82) is 0 Å². The van der Waals surface area contributed by atoms with Crippen molar-refractivity contribution in [3.05, 3.63) is 23.8 Å². The molecule has 1 N–H and O–H groups in total. The Balaban J connectivity index is 1.87. The second-order valence-electron chi connectivity index (χ2n) is 4.45. The summed E-state index contributed by atoms with van der Waals surface area (Å²) < 4.78 is 28.6. The third kappa shape index (κ3) is 1.72. The number of hydrogen-bond donors (Lipinski definition) is 1. The van der Waals surface area contributed by atoms with Crippen molar-refractivity contribution < 1.29 is 13.5 Å². The van der Waals surface area contributed by atoms with Crippen molar-refractivity contribution in [2.24, 2.45) is 5.92 Å². The number of ether oxygens (including phenoxy) is 1. The molecule has 1 atom stereocenters. The van der Waals surface area contributed by atoms with Gasteiger partial charge < -0.3 is 10.1 Å². The maximum atomic E-state index is 12.1. The van der Waals surface area contributed by atoms with Crippen molar-refractivity contribution in [2.75, 3.05) is 11.9 Å². The molecule has 16 heavy (non-hydrogen) atoms. The molecule has 0 bridgehead atoms. The lowest BCUT2D eigenvalue weighted by atomic mass is 9.96. The molecule has 1 fully saturated rings. The van der Waals surface area contributed by atoms with Crippen LogP contribution in [0.4, 0.5) is 14.5 Å². The van der Waals surface area contributed by atoms with Gasteiger partial charge in [0, 0.05) is 18.2 Å². The number of hydrogen-bond acceptors (Lipinski definition) is 2. The molecule has 3 rings (SSSR count). The van der Waals surface area contributed by atoms with Gasteiger partial charge in [0.05, 0.1) is 0 Å². The first kappa shape index (κ1) is 9.87. The third-order valence-electron chi connectivity index (χ3n) is 3.35. The summed E-state index contributed by atoms with van der Waals surface area (Å²) in [6, 6.07) is 5.17. The topological polar surface area (TPSA) is 21.3 Å². The predicted molar refractivity (Wildman–Crippen MR) is 57.0 cm³/mol. The van der Waals surface area contributed by atoms with Crippen LogP contribution in [-0.4, -0.2) is 13.2 Å². The van der Waals surface area contributed by atoms with Crippen molar-refractivity contribution in [1.82, 2.24) is 0 Å². The molecule has 1 aliphatic heterocycles. The van der Waals surface area contributed by atoms with Crippen molar-refractivity contribution >= 4 is 5.69 Å². The van der Waals surface area contributed by atoms with Gasteiger partial charge in [-0.2, -0.15) is 8.78 Å². The van der Waals surface area contributed by atoms with Crippen LogP contribution in [0.15, 0.2) is 18.2 Å². The average molecular weight is 225 g/mol. The minimum absolute atomic E-state index is 0.267. The number of rotatable bonds is 3. The Morgan fingerprint density at radius 2 is 2.12 bits per heavy atom. The zero-order chi connectivity index (χ0) is 11.1. The molecule has 1 heterocycles. The Kier molecular flexibility index (Phi) is 2.23. The molecule has 1 unspecified atom stereocenters. The fourth-order valence-corrected chi connectivity index (χ4v) is 2.43. The van der Waals surface area contributed by atoms with Crippen molar-refractivity contribution in [2.45, 2.75) is 25.4 Å². The number of alkyl halides is 2. The summed E-state index contributed by atoms with van der Waals surface area (Å²) in [6.45, 7) is -1.82. The van der Waals surface area contributed by atoms with E-state index in [0.717, 1.165) is 23.7 Å². The first-order valence-corrected chi connectivity index (χ1v) is 5.56. The monoisotopic (exact) mass is 225 g/mol. The minimum atomic E-state index is -2.74. The van der Waals surface area contributed by atoms with Gasteiger partial charge in [0.25, 0.3) is 0 Å². The van der Waals surface area contributed by atoms with Gasteiger partial charge >= 0.3 is 6.61 Å². The summed E-state index contributed by atoms with van der Waals surface area (Å²) in [4.78, 5) is 0. The van der Waals surface area contributed by atoms with Gasteiger partial charge in [-0.05, 0) is 42.5 Å². The fourth-order valence-electron chi connectivity index (χ4n) is 2.43. The second-order valence-corrected chi connectivity index (χ2v) is 4.45. The van der Waals surface area contributed by atoms with E-state index in [9.17, 15) is 8.78 Å². The normalized spacial score (nSPS) is 23.1. The van der Waals surface area contributed by atoms with Crippen LogP contribution in [0, 0.1) is 5.92 Å². The average Bonchev–Trinajstić information content (AvgIpc) is 2.98. The lowest BCUT2D eigenvalue weighted by Crippen LogP contribution is -2.04. The highest BCUT2D eigenvalue weighted by Gasteiger charge is 2.36. The van der Waals surface area contributed by atoms with Crippen LogP contribution in [0.5, 0.6) is 5.75 Å².